The number of hydrogen-bond acceptors (Lipinski definition) is 4. The Labute approximate surface area is 141 Å². The van der Waals surface area contributed by atoms with E-state index in [0.29, 0.717) is 32.3 Å². The number of rotatable bonds is 4. The number of aromatic nitrogens is 3. The first-order valence-corrected chi connectivity index (χ1v) is 8.15. The molecule has 1 aromatic heterocycles. The van der Waals surface area contributed by atoms with Gasteiger partial charge in [-0.2, -0.15) is 0 Å². The van der Waals surface area contributed by atoms with Gasteiger partial charge in [-0.15, -0.1) is 5.10 Å². The van der Waals surface area contributed by atoms with Crippen LogP contribution in [0.4, 0.5) is 0 Å². The van der Waals surface area contributed by atoms with Crippen molar-refractivity contribution in [2.45, 2.75) is 10.9 Å². The van der Waals surface area contributed by atoms with Crippen LogP contribution in [0.3, 0.4) is 0 Å². The van der Waals surface area contributed by atoms with E-state index in [4.69, 9.17) is 23.2 Å². The highest BCUT2D eigenvalue weighted by Crippen LogP contribution is 2.30. The third kappa shape index (κ3) is 3.38. The molecular formula is C15H11Cl2N3OS. The summed E-state index contributed by atoms with van der Waals surface area (Å²) in [5.41, 5.74) is 1.58. The topological polar surface area (TPSA) is 61.8 Å². The van der Waals surface area contributed by atoms with Crippen LogP contribution in [-0.4, -0.2) is 20.3 Å². The lowest BCUT2D eigenvalue weighted by atomic mass is 10.2. The number of para-hydroxylation sites is 1. The molecule has 7 heteroatoms. The molecule has 22 heavy (non-hydrogen) atoms. The molecule has 112 valence electrons. The average molecular weight is 352 g/mol. The monoisotopic (exact) mass is 351 g/mol. The molecule has 1 heterocycles. The molecule has 0 unspecified atom stereocenters. The van der Waals surface area contributed by atoms with Crippen molar-refractivity contribution in [3.63, 3.8) is 0 Å². The van der Waals surface area contributed by atoms with E-state index in [-0.39, 0.29) is 5.75 Å². The Morgan fingerprint density at radius 2 is 1.95 bits per heavy atom. The van der Waals surface area contributed by atoms with Crippen LogP contribution in [-0.2, 0) is 5.75 Å². The van der Waals surface area contributed by atoms with E-state index < -0.39 is 0 Å². The molecule has 0 atom stereocenters. The fourth-order valence-electron chi connectivity index (χ4n) is 1.89. The molecule has 0 spiro atoms. The first-order valence-electron chi connectivity index (χ1n) is 6.41. The second-order valence-corrected chi connectivity index (χ2v) is 6.29. The molecule has 3 rings (SSSR count). The predicted octanol–water partition coefficient (Wildman–Crippen LogP) is 4.78. The standard InChI is InChI=1S/C15H11Cl2N3OS/c16-10-6-5-9(12(17)7-10)8-22-15-18-14(19-20-15)11-3-1-2-4-13(11)21/h1-7,21H,8H2,(H,18,19,20). The number of thioether (sulfide) groups is 1. The van der Waals surface area contributed by atoms with Gasteiger partial charge in [-0.25, -0.2) is 4.98 Å². The molecule has 0 fully saturated rings. The van der Waals surface area contributed by atoms with Crippen molar-refractivity contribution < 1.29 is 5.11 Å². The Hall–Kier alpha value is -1.69. The van der Waals surface area contributed by atoms with E-state index in [1.807, 2.05) is 12.1 Å². The highest BCUT2D eigenvalue weighted by molar-refractivity contribution is 7.98. The van der Waals surface area contributed by atoms with Crippen LogP contribution in [0, 0.1) is 0 Å². The summed E-state index contributed by atoms with van der Waals surface area (Å²) in [6.07, 6.45) is 0. The Bertz CT molecular complexity index is 807. The van der Waals surface area contributed by atoms with Crippen LogP contribution in [0.1, 0.15) is 5.56 Å². The van der Waals surface area contributed by atoms with Crippen molar-refractivity contribution in [2.75, 3.05) is 0 Å². The number of H-pyrrole nitrogens is 1. The minimum Gasteiger partial charge on any atom is -0.507 e. The summed E-state index contributed by atoms with van der Waals surface area (Å²) in [6.45, 7) is 0. The molecule has 2 N–H and O–H groups in total. The summed E-state index contributed by atoms with van der Waals surface area (Å²) in [4.78, 5) is 4.37. The van der Waals surface area contributed by atoms with Gasteiger partial charge in [0.1, 0.15) is 5.75 Å². The zero-order valence-corrected chi connectivity index (χ0v) is 13.6. The smallest absolute Gasteiger partial charge is 0.209 e. The third-order valence-electron chi connectivity index (χ3n) is 3.00. The summed E-state index contributed by atoms with van der Waals surface area (Å²) >= 11 is 13.5. The van der Waals surface area contributed by atoms with E-state index in [1.54, 1.807) is 30.3 Å². The van der Waals surface area contributed by atoms with Gasteiger partial charge in [-0.1, -0.05) is 53.2 Å². The van der Waals surface area contributed by atoms with Crippen molar-refractivity contribution in [1.82, 2.24) is 15.2 Å². The SMILES string of the molecule is Oc1ccccc1-c1nc(SCc2ccc(Cl)cc2Cl)n[nH]1. The number of hydrogen-bond donors (Lipinski definition) is 2. The fraction of sp³-hybridized carbons (Fsp3) is 0.0667. The van der Waals surface area contributed by atoms with Crippen LogP contribution in [0.15, 0.2) is 47.6 Å². The van der Waals surface area contributed by atoms with Crippen LogP contribution in [0.2, 0.25) is 10.0 Å². The highest BCUT2D eigenvalue weighted by atomic mass is 35.5. The van der Waals surface area contributed by atoms with Crippen molar-refractivity contribution in [3.8, 4) is 17.1 Å². The van der Waals surface area contributed by atoms with E-state index >= 15 is 0 Å². The molecule has 3 aromatic rings. The molecule has 0 saturated heterocycles. The average Bonchev–Trinajstić information content (AvgIpc) is 2.95. The van der Waals surface area contributed by atoms with Crippen LogP contribution >= 0.6 is 35.0 Å². The number of benzene rings is 2. The highest BCUT2D eigenvalue weighted by Gasteiger charge is 2.10. The van der Waals surface area contributed by atoms with Crippen molar-refractivity contribution >= 4 is 35.0 Å². The minimum atomic E-state index is 0.163. The quantitative estimate of drug-likeness (QED) is 0.664. The second-order valence-electron chi connectivity index (χ2n) is 4.51. The molecule has 0 bridgehead atoms. The zero-order chi connectivity index (χ0) is 15.5. The number of nitrogens with one attached hydrogen (secondary N) is 1. The number of phenolic OH excluding ortho intramolecular Hbond substituents is 1. The minimum absolute atomic E-state index is 0.163. The first kappa shape index (κ1) is 15.2. The van der Waals surface area contributed by atoms with Gasteiger partial charge in [-0.05, 0) is 29.8 Å². The maximum atomic E-state index is 9.82. The second kappa shape index (κ2) is 6.60. The van der Waals surface area contributed by atoms with Crippen molar-refractivity contribution in [2.24, 2.45) is 0 Å². The van der Waals surface area contributed by atoms with E-state index in [9.17, 15) is 5.11 Å². The van der Waals surface area contributed by atoms with Crippen LogP contribution in [0.25, 0.3) is 11.4 Å². The molecular weight excluding hydrogens is 341 g/mol. The lowest BCUT2D eigenvalue weighted by molar-refractivity contribution is 0.477. The van der Waals surface area contributed by atoms with Gasteiger partial charge < -0.3 is 5.11 Å². The summed E-state index contributed by atoms with van der Waals surface area (Å²) < 4.78 is 0. The van der Waals surface area contributed by atoms with Crippen molar-refractivity contribution in [3.05, 3.63) is 58.1 Å². The molecule has 0 radical (unpaired) electrons. The maximum Gasteiger partial charge on any atom is 0.209 e. The van der Waals surface area contributed by atoms with E-state index in [2.05, 4.69) is 15.2 Å². The summed E-state index contributed by atoms with van der Waals surface area (Å²) in [5, 5.41) is 18.6. The van der Waals surface area contributed by atoms with E-state index in [0.717, 1.165) is 5.56 Å². The predicted molar refractivity (Wildman–Crippen MR) is 89.5 cm³/mol. The first-order chi connectivity index (χ1) is 10.6. The van der Waals surface area contributed by atoms with Crippen LogP contribution < -0.4 is 0 Å². The van der Waals surface area contributed by atoms with Crippen LogP contribution in [0.5, 0.6) is 5.75 Å². The largest absolute Gasteiger partial charge is 0.507 e. The summed E-state index contributed by atoms with van der Waals surface area (Å²) in [7, 11) is 0. The number of halogens is 2. The van der Waals surface area contributed by atoms with E-state index in [1.165, 1.54) is 11.8 Å². The number of aromatic amines is 1. The molecule has 0 amide bonds. The zero-order valence-electron chi connectivity index (χ0n) is 11.3. The van der Waals surface area contributed by atoms with Gasteiger partial charge in [-0.3, -0.25) is 5.10 Å². The fourth-order valence-corrected chi connectivity index (χ4v) is 3.24. The molecule has 4 nitrogen and oxygen atoms in total. The van der Waals surface area contributed by atoms with Gasteiger partial charge in [0, 0.05) is 15.8 Å². The van der Waals surface area contributed by atoms with Gasteiger partial charge in [0.2, 0.25) is 5.16 Å². The molecule has 2 aromatic carbocycles. The Kier molecular flexibility index (Phi) is 4.57. The number of aromatic hydroxyl groups is 1. The number of nitrogens with zero attached hydrogens (tertiary/aromatic N) is 2. The van der Waals surface area contributed by atoms with Gasteiger partial charge in [0.25, 0.3) is 0 Å². The summed E-state index contributed by atoms with van der Waals surface area (Å²) in [5.74, 6) is 1.33. The third-order valence-corrected chi connectivity index (χ3v) is 4.48. The maximum absolute atomic E-state index is 9.82. The number of phenols is 1. The molecule has 0 saturated carbocycles. The Morgan fingerprint density at radius 3 is 2.73 bits per heavy atom. The molecule has 0 aliphatic carbocycles. The normalized spacial score (nSPS) is 10.8. The summed E-state index contributed by atoms with van der Waals surface area (Å²) in [6, 6.07) is 12.4. The lowest BCUT2D eigenvalue weighted by Crippen LogP contribution is -1.84. The molecule has 0 aliphatic rings. The lowest BCUT2D eigenvalue weighted by Gasteiger charge is -2.02. The van der Waals surface area contributed by atoms with Gasteiger partial charge in [0.05, 0.1) is 5.56 Å². The van der Waals surface area contributed by atoms with Crippen molar-refractivity contribution in [1.29, 1.82) is 0 Å². The molecule has 0 aliphatic heterocycles. The van der Waals surface area contributed by atoms with Gasteiger partial charge >= 0.3 is 0 Å². The van der Waals surface area contributed by atoms with Gasteiger partial charge in [0.15, 0.2) is 5.82 Å². The Morgan fingerprint density at radius 1 is 1.14 bits per heavy atom. The Balaban J connectivity index is 1.74.